The Morgan fingerprint density at radius 2 is 1.74 bits per heavy atom. The van der Waals surface area contributed by atoms with Gasteiger partial charge >= 0.3 is 5.97 Å². The molecule has 2 rings (SSSR count). The summed E-state index contributed by atoms with van der Waals surface area (Å²) in [5.74, 6) is -0.932. The average molecular weight is 392 g/mol. The molecule has 1 aliphatic rings. The summed E-state index contributed by atoms with van der Waals surface area (Å²) < 4.78 is 5.64. The second kappa shape index (κ2) is 7.76. The standard InChI is InChI=1S/C21H33NO4Si/c1-20(2,3)22-16(15(18(22)23)21(4,5)25)17(27(6)7)19(24)26-13-14-11-9-8-10-12-14/h8-12,15-17,25,27H,13H2,1-7H3/t15-,16+,17?/m0/s1. The van der Waals surface area contributed by atoms with Gasteiger partial charge in [-0.15, -0.1) is 0 Å². The quantitative estimate of drug-likeness (QED) is 0.460. The molecule has 0 spiro atoms. The molecule has 1 aromatic carbocycles. The van der Waals surface area contributed by atoms with Crippen LogP contribution in [0, 0.1) is 5.92 Å². The Morgan fingerprint density at radius 3 is 2.19 bits per heavy atom. The Labute approximate surface area is 164 Å². The predicted molar refractivity (Wildman–Crippen MR) is 109 cm³/mol. The molecular formula is C21H33NO4Si. The maximum Gasteiger partial charge on any atom is 0.308 e. The maximum absolute atomic E-state index is 13.0. The molecule has 1 fully saturated rings. The van der Waals surface area contributed by atoms with Gasteiger partial charge in [-0.3, -0.25) is 9.59 Å². The number of hydrogen-bond acceptors (Lipinski definition) is 4. The van der Waals surface area contributed by atoms with E-state index in [-0.39, 0.29) is 30.1 Å². The number of rotatable bonds is 6. The summed E-state index contributed by atoms with van der Waals surface area (Å²) in [4.78, 5) is 27.6. The number of amides is 1. The zero-order chi connectivity index (χ0) is 20.6. The van der Waals surface area contributed by atoms with E-state index >= 15 is 0 Å². The fraction of sp³-hybridized carbons (Fsp3) is 0.619. The van der Waals surface area contributed by atoms with Crippen molar-refractivity contribution in [3.63, 3.8) is 0 Å². The minimum Gasteiger partial charge on any atom is -0.461 e. The minimum atomic E-state index is -1.52. The van der Waals surface area contributed by atoms with Gasteiger partial charge in [0.1, 0.15) is 6.61 Å². The SMILES string of the molecule is C[SiH](C)C(C(=O)OCc1ccccc1)[C@H]1[C@H](C(C)(C)O)C(=O)N1C(C)(C)C. The van der Waals surface area contributed by atoms with Crippen molar-refractivity contribution in [3.8, 4) is 0 Å². The van der Waals surface area contributed by atoms with Crippen LogP contribution in [0.4, 0.5) is 0 Å². The number of carbonyl (C=O) groups excluding carboxylic acids is 2. The number of hydrogen-bond donors (Lipinski definition) is 1. The monoisotopic (exact) mass is 391 g/mol. The van der Waals surface area contributed by atoms with Crippen molar-refractivity contribution in [1.29, 1.82) is 0 Å². The first-order valence-corrected chi connectivity index (χ1v) is 12.6. The van der Waals surface area contributed by atoms with E-state index in [0.717, 1.165) is 5.56 Å². The summed E-state index contributed by atoms with van der Waals surface area (Å²) in [6.07, 6.45) is 0. The lowest BCUT2D eigenvalue weighted by Gasteiger charge is -2.59. The third kappa shape index (κ3) is 4.61. The van der Waals surface area contributed by atoms with Gasteiger partial charge in [-0.1, -0.05) is 43.4 Å². The van der Waals surface area contributed by atoms with Crippen molar-refractivity contribution >= 4 is 20.7 Å². The zero-order valence-electron chi connectivity index (χ0n) is 17.5. The number of carbonyl (C=O) groups is 2. The number of esters is 1. The van der Waals surface area contributed by atoms with Crippen LogP contribution in [-0.2, 0) is 20.9 Å². The van der Waals surface area contributed by atoms with E-state index in [4.69, 9.17) is 4.74 Å². The molecule has 1 saturated heterocycles. The highest BCUT2D eigenvalue weighted by atomic mass is 28.3. The largest absolute Gasteiger partial charge is 0.461 e. The Morgan fingerprint density at radius 1 is 1.19 bits per heavy atom. The minimum absolute atomic E-state index is 0.0875. The summed E-state index contributed by atoms with van der Waals surface area (Å²) in [6.45, 7) is 13.6. The van der Waals surface area contributed by atoms with Crippen molar-refractivity contribution < 1.29 is 19.4 Å². The van der Waals surface area contributed by atoms with Gasteiger partial charge in [0.15, 0.2) is 0 Å². The van der Waals surface area contributed by atoms with E-state index in [1.807, 2.05) is 51.1 Å². The van der Waals surface area contributed by atoms with Crippen molar-refractivity contribution in [1.82, 2.24) is 4.90 Å². The van der Waals surface area contributed by atoms with Gasteiger partial charge in [-0.05, 0) is 40.2 Å². The fourth-order valence-electron chi connectivity index (χ4n) is 4.01. The summed E-state index contributed by atoms with van der Waals surface area (Å²) >= 11 is 0. The molecule has 5 nitrogen and oxygen atoms in total. The molecule has 0 aromatic heterocycles. The van der Waals surface area contributed by atoms with Crippen LogP contribution in [0.5, 0.6) is 0 Å². The van der Waals surface area contributed by atoms with Crippen LogP contribution in [0.25, 0.3) is 0 Å². The Hall–Kier alpha value is -1.66. The van der Waals surface area contributed by atoms with Gasteiger partial charge < -0.3 is 14.7 Å². The number of ether oxygens (including phenoxy) is 1. The van der Waals surface area contributed by atoms with Gasteiger partial charge in [0.05, 0.1) is 31.9 Å². The molecular weight excluding hydrogens is 358 g/mol. The first-order chi connectivity index (χ1) is 12.4. The highest BCUT2D eigenvalue weighted by Crippen LogP contribution is 2.46. The van der Waals surface area contributed by atoms with E-state index in [9.17, 15) is 14.7 Å². The third-order valence-corrected chi connectivity index (χ3v) is 7.31. The highest BCUT2D eigenvalue weighted by molar-refractivity contribution is 6.62. The maximum atomic E-state index is 13.0. The Bertz CT molecular complexity index is 652. The summed E-state index contributed by atoms with van der Waals surface area (Å²) in [5.41, 5.74) is -1.01. The number of benzene rings is 1. The van der Waals surface area contributed by atoms with Crippen LogP contribution >= 0.6 is 0 Å². The summed E-state index contributed by atoms with van der Waals surface area (Å²) in [7, 11) is -1.52. The number of likely N-dealkylation sites (tertiary alicyclic amines) is 1. The van der Waals surface area contributed by atoms with E-state index in [2.05, 4.69) is 13.1 Å². The van der Waals surface area contributed by atoms with Crippen LogP contribution in [-0.4, -0.2) is 47.9 Å². The third-order valence-electron chi connectivity index (χ3n) is 5.21. The van der Waals surface area contributed by atoms with E-state index in [0.29, 0.717) is 0 Å². The van der Waals surface area contributed by atoms with Crippen molar-refractivity contribution in [2.45, 2.75) is 77.0 Å². The topological polar surface area (TPSA) is 66.8 Å². The second-order valence-corrected chi connectivity index (χ2v) is 12.6. The smallest absolute Gasteiger partial charge is 0.308 e. The normalized spacial score (nSPS) is 21.8. The first kappa shape index (κ1) is 21.6. The van der Waals surface area contributed by atoms with Crippen LogP contribution in [0.3, 0.4) is 0 Å². The first-order valence-electron chi connectivity index (χ1n) is 9.62. The summed E-state index contributed by atoms with van der Waals surface area (Å²) in [6, 6.07) is 9.26. The number of nitrogens with zero attached hydrogens (tertiary/aromatic N) is 1. The van der Waals surface area contributed by atoms with Crippen molar-refractivity contribution in [2.75, 3.05) is 0 Å². The van der Waals surface area contributed by atoms with Crippen LogP contribution < -0.4 is 0 Å². The molecule has 1 amide bonds. The van der Waals surface area contributed by atoms with Gasteiger partial charge in [-0.25, -0.2) is 0 Å². The predicted octanol–water partition coefficient (Wildman–Crippen LogP) is 2.98. The fourth-order valence-corrected chi connectivity index (χ4v) is 5.83. The van der Waals surface area contributed by atoms with E-state index in [1.165, 1.54) is 0 Å². The molecule has 27 heavy (non-hydrogen) atoms. The Balaban J connectivity index is 2.28. The highest BCUT2D eigenvalue weighted by Gasteiger charge is 2.61. The molecule has 6 heteroatoms. The van der Waals surface area contributed by atoms with Crippen LogP contribution in [0.1, 0.15) is 40.2 Å². The molecule has 1 heterocycles. The molecule has 0 saturated carbocycles. The van der Waals surface area contributed by atoms with Crippen molar-refractivity contribution in [3.05, 3.63) is 35.9 Å². The molecule has 0 radical (unpaired) electrons. The van der Waals surface area contributed by atoms with Crippen LogP contribution in [0.15, 0.2) is 30.3 Å². The van der Waals surface area contributed by atoms with Crippen LogP contribution in [0.2, 0.25) is 18.6 Å². The average Bonchev–Trinajstić information content (AvgIpc) is 2.50. The van der Waals surface area contributed by atoms with E-state index < -0.39 is 25.9 Å². The molecule has 1 unspecified atom stereocenters. The number of aliphatic hydroxyl groups is 1. The number of β-lactam (4-membered cyclic amide) rings is 1. The van der Waals surface area contributed by atoms with Gasteiger partial charge in [-0.2, -0.15) is 0 Å². The van der Waals surface area contributed by atoms with Gasteiger partial charge in [0.2, 0.25) is 5.91 Å². The van der Waals surface area contributed by atoms with Crippen molar-refractivity contribution in [2.24, 2.45) is 5.92 Å². The lowest BCUT2D eigenvalue weighted by Crippen LogP contribution is -2.74. The molecule has 150 valence electrons. The molecule has 3 atom stereocenters. The van der Waals surface area contributed by atoms with Gasteiger partial charge in [0.25, 0.3) is 0 Å². The van der Waals surface area contributed by atoms with E-state index in [1.54, 1.807) is 18.7 Å². The lowest BCUT2D eigenvalue weighted by molar-refractivity contribution is -0.187. The molecule has 1 N–H and O–H groups in total. The second-order valence-electron chi connectivity index (χ2n) is 9.36. The zero-order valence-corrected chi connectivity index (χ0v) is 18.7. The Kier molecular flexibility index (Phi) is 6.22. The molecule has 0 aliphatic carbocycles. The summed E-state index contributed by atoms with van der Waals surface area (Å²) in [5, 5.41) is 10.6. The lowest BCUT2D eigenvalue weighted by atomic mass is 9.72. The molecule has 1 aliphatic heterocycles. The molecule has 1 aromatic rings. The molecule has 0 bridgehead atoms. The van der Waals surface area contributed by atoms with Gasteiger partial charge in [0, 0.05) is 5.54 Å².